The number of amides is 1. The van der Waals surface area contributed by atoms with Crippen LogP contribution >= 0.6 is 0 Å². The summed E-state index contributed by atoms with van der Waals surface area (Å²) < 4.78 is 30.6. The molecule has 0 fully saturated rings. The first kappa shape index (κ1) is 22.1. The Balaban J connectivity index is 1.46. The number of para-hydroxylation sites is 1. The van der Waals surface area contributed by atoms with Gasteiger partial charge in [0.25, 0.3) is 5.91 Å². The first-order valence-corrected chi connectivity index (χ1v) is 12.6. The molecule has 0 unspecified atom stereocenters. The van der Waals surface area contributed by atoms with Crippen molar-refractivity contribution in [3.63, 3.8) is 0 Å². The molecule has 1 aliphatic rings. The van der Waals surface area contributed by atoms with Gasteiger partial charge in [-0.2, -0.15) is 0 Å². The van der Waals surface area contributed by atoms with E-state index in [9.17, 15) is 13.2 Å². The highest BCUT2D eigenvalue weighted by molar-refractivity contribution is 7.92. The van der Waals surface area contributed by atoms with Crippen LogP contribution in [-0.4, -0.2) is 52.6 Å². The summed E-state index contributed by atoms with van der Waals surface area (Å²) in [5, 5.41) is -0.501. The number of hydrogen-bond acceptors (Lipinski definition) is 6. The van der Waals surface area contributed by atoms with Gasteiger partial charge in [-0.15, -0.1) is 0 Å². The lowest BCUT2D eigenvalue weighted by Gasteiger charge is -2.19. The third-order valence-electron chi connectivity index (χ3n) is 5.95. The van der Waals surface area contributed by atoms with Crippen molar-refractivity contribution >= 4 is 26.9 Å². The molecule has 1 amide bonds. The van der Waals surface area contributed by atoms with Crippen LogP contribution in [0.25, 0.3) is 22.4 Å². The van der Waals surface area contributed by atoms with Crippen LogP contribution in [0.1, 0.15) is 29.8 Å². The maximum atomic E-state index is 13.4. The van der Waals surface area contributed by atoms with E-state index in [1.54, 1.807) is 55.4 Å². The summed E-state index contributed by atoms with van der Waals surface area (Å²) in [4.78, 5) is 27.6. The van der Waals surface area contributed by atoms with Crippen LogP contribution in [0.5, 0.6) is 5.75 Å². The molecule has 8 nitrogen and oxygen atoms in total. The molecule has 1 aliphatic heterocycles. The lowest BCUT2D eigenvalue weighted by molar-refractivity contribution is 0.0735. The van der Waals surface area contributed by atoms with Gasteiger partial charge in [0.15, 0.2) is 15.5 Å². The number of carbonyl (C=O) groups is 1. The summed E-state index contributed by atoms with van der Waals surface area (Å²) in [6, 6.07) is 14.3. The quantitative estimate of drug-likeness (QED) is 0.480. The normalized spacial score (nSPS) is 14.0. The molecule has 1 N–H and O–H groups in total. The summed E-state index contributed by atoms with van der Waals surface area (Å²) in [6.07, 6.45) is 3.24. The lowest BCUT2D eigenvalue weighted by Crippen LogP contribution is -2.32. The number of sulfone groups is 1. The summed E-state index contributed by atoms with van der Waals surface area (Å²) in [7, 11) is -3.36. The van der Waals surface area contributed by atoms with Crippen LogP contribution in [0.3, 0.4) is 0 Å². The number of H-pyrrole nitrogens is 1. The van der Waals surface area contributed by atoms with Crippen molar-refractivity contribution in [2.24, 2.45) is 0 Å². The summed E-state index contributed by atoms with van der Waals surface area (Å²) >= 11 is 0. The highest BCUT2D eigenvalue weighted by Gasteiger charge is 2.24. The first-order valence-electron chi connectivity index (χ1n) is 11.0. The number of nitrogens with one attached hydrogen (secondary N) is 1. The summed E-state index contributed by atoms with van der Waals surface area (Å²) in [6.45, 7) is 4.62. The van der Waals surface area contributed by atoms with Gasteiger partial charge in [0.05, 0.1) is 34.1 Å². The molecule has 0 aliphatic carbocycles. The molecule has 4 aromatic rings. The predicted molar refractivity (Wildman–Crippen MR) is 128 cm³/mol. The Morgan fingerprint density at radius 3 is 2.65 bits per heavy atom. The SMILES string of the molecule is CC(C)S(=O)(=O)c1ccc(-c2cnc3[nH]cc(C(=O)N4CCOc5ccccc5C4)c3n2)cc1. The number of carbonyl (C=O) groups excluding carboxylic acids is 1. The smallest absolute Gasteiger partial charge is 0.258 e. The van der Waals surface area contributed by atoms with E-state index in [-0.39, 0.29) is 10.8 Å². The van der Waals surface area contributed by atoms with Gasteiger partial charge >= 0.3 is 0 Å². The van der Waals surface area contributed by atoms with Crippen LogP contribution in [0.15, 0.2) is 65.8 Å². The maximum absolute atomic E-state index is 13.4. The monoisotopic (exact) mass is 476 g/mol. The van der Waals surface area contributed by atoms with Crippen molar-refractivity contribution in [1.29, 1.82) is 0 Å². The van der Waals surface area contributed by atoms with E-state index in [4.69, 9.17) is 9.72 Å². The molecular weight excluding hydrogens is 452 g/mol. The molecule has 9 heteroatoms. The fourth-order valence-electron chi connectivity index (χ4n) is 3.95. The average Bonchev–Trinajstić information content (AvgIpc) is 3.14. The van der Waals surface area contributed by atoms with Crippen molar-refractivity contribution in [2.45, 2.75) is 30.5 Å². The second-order valence-corrected chi connectivity index (χ2v) is 11.0. The lowest BCUT2D eigenvalue weighted by atomic mass is 10.1. The minimum absolute atomic E-state index is 0.156. The molecule has 34 heavy (non-hydrogen) atoms. The van der Waals surface area contributed by atoms with Crippen LogP contribution in [0.4, 0.5) is 0 Å². The highest BCUT2D eigenvalue weighted by atomic mass is 32.2. The molecule has 0 radical (unpaired) electrons. The number of fused-ring (bicyclic) bond motifs is 2. The molecule has 0 bridgehead atoms. The molecule has 0 atom stereocenters. The third kappa shape index (κ3) is 3.92. The van der Waals surface area contributed by atoms with Gasteiger partial charge in [0, 0.05) is 23.9 Å². The fourth-order valence-corrected chi connectivity index (χ4v) is 5.01. The molecule has 0 saturated heterocycles. The predicted octanol–water partition coefficient (Wildman–Crippen LogP) is 3.84. The second kappa shape index (κ2) is 8.57. The zero-order valence-corrected chi connectivity index (χ0v) is 19.7. The van der Waals surface area contributed by atoms with E-state index in [2.05, 4.69) is 9.97 Å². The molecule has 2 aromatic carbocycles. The standard InChI is InChI=1S/C25H24N4O4S/c1-16(2)34(31,32)19-9-7-17(8-10-19)21-14-27-24-23(28-21)20(13-26-24)25(30)29-11-12-33-22-6-4-3-5-18(22)15-29/h3-10,13-14,16H,11-12,15H2,1-2H3,(H,26,27). The molecule has 2 aromatic heterocycles. The van der Waals surface area contributed by atoms with E-state index in [1.807, 2.05) is 24.3 Å². The van der Waals surface area contributed by atoms with Crippen LogP contribution in [0.2, 0.25) is 0 Å². The van der Waals surface area contributed by atoms with Gasteiger partial charge in [0.2, 0.25) is 0 Å². The van der Waals surface area contributed by atoms with Crippen molar-refractivity contribution in [3.05, 3.63) is 72.1 Å². The van der Waals surface area contributed by atoms with Crippen LogP contribution in [0, 0.1) is 0 Å². The van der Waals surface area contributed by atoms with Gasteiger partial charge in [0.1, 0.15) is 17.9 Å². The van der Waals surface area contributed by atoms with Gasteiger partial charge in [-0.1, -0.05) is 30.3 Å². The van der Waals surface area contributed by atoms with Crippen molar-refractivity contribution in [1.82, 2.24) is 19.9 Å². The Labute approximate surface area is 197 Å². The van der Waals surface area contributed by atoms with Crippen molar-refractivity contribution < 1.29 is 17.9 Å². The summed E-state index contributed by atoms with van der Waals surface area (Å²) in [5.74, 6) is 0.637. The fraction of sp³-hybridized carbons (Fsp3) is 0.240. The molecule has 0 saturated carbocycles. The zero-order valence-electron chi connectivity index (χ0n) is 18.9. The van der Waals surface area contributed by atoms with E-state index < -0.39 is 15.1 Å². The van der Waals surface area contributed by atoms with Crippen LogP contribution in [-0.2, 0) is 16.4 Å². The van der Waals surface area contributed by atoms with Crippen LogP contribution < -0.4 is 4.74 Å². The number of hydrogen-bond donors (Lipinski definition) is 1. The molecular formula is C25H24N4O4S. The molecule has 3 heterocycles. The molecule has 5 rings (SSSR count). The first-order chi connectivity index (χ1) is 16.3. The third-order valence-corrected chi connectivity index (χ3v) is 8.12. The van der Waals surface area contributed by atoms with E-state index in [0.29, 0.717) is 47.7 Å². The Bertz CT molecular complexity index is 1480. The minimum atomic E-state index is -3.36. The number of aromatic amines is 1. The zero-order chi connectivity index (χ0) is 23.9. The molecule has 0 spiro atoms. The average molecular weight is 477 g/mol. The van der Waals surface area contributed by atoms with Crippen molar-refractivity contribution in [3.8, 4) is 17.0 Å². The Hall–Kier alpha value is -3.72. The van der Waals surface area contributed by atoms with Gasteiger partial charge in [-0.25, -0.2) is 18.4 Å². The number of nitrogens with zero attached hydrogens (tertiary/aromatic N) is 3. The Morgan fingerprint density at radius 1 is 1.12 bits per heavy atom. The number of ether oxygens (including phenoxy) is 1. The van der Waals surface area contributed by atoms with E-state index in [1.165, 1.54) is 0 Å². The summed E-state index contributed by atoms with van der Waals surface area (Å²) in [5.41, 5.74) is 3.64. The van der Waals surface area contributed by atoms with Gasteiger partial charge in [-0.3, -0.25) is 4.79 Å². The topological polar surface area (TPSA) is 105 Å². The second-order valence-electron chi connectivity index (χ2n) is 8.46. The van der Waals surface area contributed by atoms with Gasteiger partial charge in [-0.05, 0) is 32.0 Å². The largest absolute Gasteiger partial charge is 0.491 e. The van der Waals surface area contributed by atoms with Crippen molar-refractivity contribution in [2.75, 3.05) is 13.2 Å². The maximum Gasteiger partial charge on any atom is 0.258 e. The number of rotatable bonds is 4. The number of aromatic nitrogens is 3. The Morgan fingerprint density at radius 2 is 1.88 bits per heavy atom. The number of benzene rings is 2. The molecule has 174 valence electrons. The van der Waals surface area contributed by atoms with E-state index >= 15 is 0 Å². The Kier molecular flexibility index (Phi) is 5.57. The highest BCUT2D eigenvalue weighted by Crippen LogP contribution is 2.27. The van der Waals surface area contributed by atoms with Gasteiger partial charge < -0.3 is 14.6 Å². The minimum Gasteiger partial charge on any atom is -0.491 e. The van der Waals surface area contributed by atoms with E-state index in [0.717, 1.165) is 11.3 Å².